The van der Waals surface area contributed by atoms with E-state index in [0.29, 0.717) is 6.54 Å². The van der Waals surface area contributed by atoms with Gasteiger partial charge in [0, 0.05) is 29.0 Å². The fourth-order valence-corrected chi connectivity index (χ4v) is 1.92. The normalized spacial score (nSPS) is 12.2. The third kappa shape index (κ3) is 3.09. The van der Waals surface area contributed by atoms with E-state index >= 15 is 0 Å². The predicted molar refractivity (Wildman–Crippen MR) is 75.5 cm³/mol. The lowest BCUT2D eigenvalue weighted by Gasteiger charge is -2.18. The first kappa shape index (κ1) is 13.1. The highest BCUT2D eigenvalue weighted by Gasteiger charge is 2.11. The third-order valence-electron chi connectivity index (χ3n) is 2.68. The number of aryl methyl sites for hydroxylation is 1. The van der Waals surface area contributed by atoms with Crippen molar-refractivity contribution < 1.29 is 4.74 Å². The summed E-state index contributed by atoms with van der Waals surface area (Å²) in [5.74, 6) is 0.815. The first-order chi connectivity index (χ1) is 8.70. The van der Waals surface area contributed by atoms with E-state index in [-0.39, 0.29) is 6.10 Å². The number of hydrogen-bond acceptors (Lipinski definition) is 3. The Balaban J connectivity index is 2.18. The summed E-state index contributed by atoms with van der Waals surface area (Å²) in [5, 5.41) is 0. The van der Waals surface area contributed by atoms with Gasteiger partial charge in [0.1, 0.15) is 11.9 Å². The molecule has 0 aliphatic rings. The molecule has 1 atom stereocenters. The van der Waals surface area contributed by atoms with E-state index in [4.69, 9.17) is 10.5 Å². The largest absolute Gasteiger partial charge is 0.484 e. The molecule has 94 valence electrons. The minimum Gasteiger partial charge on any atom is -0.484 e. The Morgan fingerprint density at radius 2 is 2.22 bits per heavy atom. The molecule has 1 aromatic heterocycles. The first-order valence-electron chi connectivity index (χ1n) is 5.73. The van der Waals surface area contributed by atoms with Crippen molar-refractivity contribution in [3.05, 3.63) is 58.3 Å². The number of ether oxygens (including phenoxy) is 1. The van der Waals surface area contributed by atoms with Crippen LogP contribution in [0, 0.1) is 6.92 Å². The molecule has 18 heavy (non-hydrogen) atoms. The lowest BCUT2D eigenvalue weighted by molar-refractivity contribution is 0.213. The highest BCUT2D eigenvalue weighted by Crippen LogP contribution is 2.25. The number of halogens is 1. The SMILES string of the molecule is Cc1cc(OC(CN)c2cccnc2)ccc1Br. The van der Waals surface area contributed by atoms with Crippen molar-refractivity contribution in [3.8, 4) is 5.75 Å². The smallest absolute Gasteiger partial charge is 0.137 e. The van der Waals surface area contributed by atoms with Gasteiger partial charge in [-0.25, -0.2) is 0 Å². The van der Waals surface area contributed by atoms with Crippen molar-refractivity contribution in [3.63, 3.8) is 0 Å². The van der Waals surface area contributed by atoms with Crippen LogP contribution in [0.1, 0.15) is 17.2 Å². The van der Waals surface area contributed by atoms with E-state index in [0.717, 1.165) is 21.3 Å². The van der Waals surface area contributed by atoms with Gasteiger partial charge in [0.15, 0.2) is 0 Å². The molecule has 0 saturated carbocycles. The van der Waals surface area contributed by atoms with Gasteiger partial charge in [0.05, 0.1) is 0 Å². The second-order valence-electron chi connectivity index (χ2n) is 4.04. The Labute approximate surface area is 115 Å². The van der Waals surface area contributed by atoms with E-state index in [2.05, 4.69) is 20.9 Å². The number of nitrogens with two attached hydrogens (primary N) is 1. The summed E-state index contributed by atoms with van der Waals surface area (Å²) in [7, 11) is 0. The fraction of sp³-hybridized carbons (Fsp3) is 0.214. The van der Waals surface area contributed by atoms with Crippen molar-refractivity contribution in [2.45, 2.75) is 13.0 Å². The van der Waals surface area contributed by atoms with E-state index in [9.17, 15) is 0 Å². The summed E-state index contributed by atoms with van der Waals surface area (Å²) in [6.45, 7) is 2.44. The van der Waals surface area contributed by atoms with Crippen LogP contribution in [0.2, 0.25) is 0 Å². The minimum atomic E-state index is -0.167. The van der Waals surface area contributed by atoms with E-state index in [1.54, 1.807) is 12.4 Å². The highest BCUT2D eigenvalue weighted by molar-refractivity contribution is 9.10. The number of aromatic nitrogens is 1. The Bertz CT molecular complexity index is 516. The molecule has 0 radical (unpaired) electrons. The van der Waals surface area contributed by atoms with Crippen LogP contribution < -0.4 is 10.5 Å². The minimum absolute atomic E-state index is 0.167. The molecule has 0 aliphatic carbocycles. The number of hydrogen-bond donors (Lipinski definition) is 1. The summed E-state index contributed by atoms with van der Waals surface area (Å²) in [4.78, 5) is 4.08. The van der Waals surface area contributed by atoms with Gasteiger partial charge in [-0.15, -0.1) is 0 Å². The van der Waals surface area contributed by atoms with Crippen LogP contribution in [0.15, 0.2) is 47.2 Å². The van der Waals surface area contributed by atoms with Gasteiger partial charge in [0.25, 0.3) is 0 Å². The summed E-state index contributed by atoms with van der Waals surface area (Å²) in [5.41, 5.74) is 7.88. The lowest BCUT2D eigenvalue weighted by Crippen LogP contribution is -2.18. The lowest BCUT2D eigenvalue weighted by atomic mass is 10.1. The first-order valence-corrected chi connectivity index (χ1v) is 6.53. The molecule has 0 aliphatic heterocycles. The van der Waals surface area contributed by atoms with E-state index < -0.39 is 0 Å². The summed E-state index contributed by atoms with van der Waals surface area (Å²) in [6.07, 6.45) is 3.35. The predicted octanol–water partition coefficient (Wildman–Crippen LogP) is 3.23. The maximum Gasteiger partial charge on any atom is 0.137 e. The zero-order valence-corrected chi connectivity index (χ0v) is 11.7. The van der Waals surface area contributed by atoms with Crippen LogP contribution in [-0.2, 0) is 0 Å². The fourth-order valence-electron chi connectivity index (χ4n) is 1.67. The Kier molecular flexibility index (Phi) is 4.33. The van der Waals surface area contributed by atoms with Gasteiger partial charge in [-0.2, -0.15) is 0 Å². The topological polar surface area (TPSA) is 48.1 Å². The molecule has 2 rings (SSSR count). The Hall–Kier alpha value is -1.39. The Morgan fingerprint density at radius 3 is 2.83 bits per heavy atom. The quantitative estimate of drug-likeness (QED) is 0.943. The molecular weight excluding hydrogens is 292 g/mol. The molecule has 0 bridgehead atoms. The van der Waals surface area contributed by atoms with E-state index in [1.807, 2.05) is 37.3 Å². The van der Waals surface area contributed by atoms with Crippen LogP contribution in [0.25, 0.3) is 0 Å². The molecule has 0 spiro atoms. The van der Waals surface area contributed by atoms with Gasteiger partial charge < -0.3 is 10.5 Å². The highest BCUT2D eigenvalue weighted by atomic mass is 79.9. The molecular formula is C14H15BrN2O. The molecule has 1 unspecified atom stereocenters. The van der Waals surface area contributed by atoms with Crippen molar-refractivity contribution in [1.82, 2.24) is 4.98 Å². The molecule has 1 aromatic carbocycles. The Morgan fingerprint density at radius 1 is 1.39 bits per heavy atom. The van der Waals surface area contributed by atoms with Crippen LogP contribution in [-0.4, -0.2) is 11.5 Å². The molecule has 2 N–H and O–H groups in total. The number of rotatable bonds is 4. The van der Waals surface area contributed by atoms with E-state index in [1.165, 1.54) is 0 Å². The molecule has 2 aromatic rings. The van der Waals surface area contributed by atoms with Crippen LogP contribution >= 0.6 is 15.9 Å². The molecule has 1 heterocycles. The zero-order chi connectivity index (χ0) is 13.0. The standard InChI is InChI=1S/C14H15BrN2O/c1-10-7-12(4-5-13(10)15)18-14(8-16)11-3-2-6-17-9-11/h2-7,9,14H,8,16H2,1H3. The number of pyridine rings is 1. The third-order valence-corrected chi connectivity index (χ3v) is 3.57. The second-order valence-corrected chi connectivity index (χ2v) is 4.89. The summed E-state index contributed by atoms with van der Waals surface area (Å²) < 4.78 is 6.97. The monoisotopic (exact) mass is 306 g/mol. The van der Waals surface area contributed by atoms with Gasteiger partial charge in [-0.3, -0.25) is 4.98 Å². The molecule has 0 fully saturated rings. The molecule has 0 saturated heterocycles. The summed E-state index contributed by atoms with van der Waals surface area (Å²) in [6, 6.07) is 9.74. The zero-order valence-electron chi connectivity index (χ0n) is 10.1. The van der Waals surface area contributed by atoms with Gasteiger partial charge in [0.2, 0.25) is 0 Å². The average molecular weight is 307 g/mol. The molecule has 0 amide bonds. The number of nitrogens with zero attached hydrogens (tertiary/aromatic N) is 1. The molecule has 4 heteroatoms. The maximum absolute atomic E-state index is 5.90. The average Bonchev–Trinajstić information content (AvgIpc) is 2.41. The van der Waals surface area contributed by atoms with Crippen molar-refractivity contribution in [1.29, 1.82) is 0 Å². The number of benzene rings is 1. The van der Waals surface area contributed by atoms with Crippen LogP contribution in [0.5, 0.6) is 5.75 Å². The van der Waals surface area contributed by atoms with Crippen LogP contribution in [0.4, 0.5) is 0 Å². The van der Waals surface area contributed by atoms with Gasteiger partial charge >= 0.3 is 0 Å². The van der Waals surface area contributed by atoms with Crippen molar-refractivity contribution >= 4 is 15.9 Å². The van der Waals surface area contributed by atoms with Gasteiger partial charge in [-0.1, -0.05) is 22.0 Å². The van der Waals surface area contributed by atoms with Crippen molar-refractivity contribution in [2.24, 2.45) is 5.73 Å². The second kappa shape index (κ2) is 5.98. The molecule has 3 nitrogen and oxygen atoms in total. The van der Waals surface area contributed by atoms with Gasteiger partial charge in [-0.05, 0) is 36.8 Å². The summed E-state index contributed by atoms with van der Waals surface area (Å²) >= 11 is 3.47. The maximum atomic E-state index is 5.90. The van der Waals surface area contributed by atoms with Crippen molar-refractivity contribution in [2.75, 3.05) is 6.54 Å². The van der Waals surface area contributed by atoms with Crippen LogP contribution in [0.3, 0.4) is 0 Å².